The second kappa shape index (κ2) is 4.51. The number of pyridine rings is 1. The number of aryl methyl sites for hydroxylation is 1. The minimum Gasteiger partial charge on any atom is -0.363 e. The van der Waals surface area contributed by atoms with Gasteiger partial charge in [0.25, 0.3) is 0 Å². The van der Waals surface area contributed by atoms with Crippen molar-refractivity contribution in [1.29, 1.82) is 0 Å². The molecular formula is C19H20N4. The molecule has 3 atom stereocenters. The lowest BCUT2D eigenvalue weighted by atomic mass is 10.1. The van der Waals surface area contributed by atoms with Crippen molar-refractivity contribution in [2.75, 3.05) is 0 Å². The third-order valence-electron chi connectivity index (χ3n) is 5.20. The molecule has 2 aliphatic heterocycles. The van der Waals surface area contributed by atoms with Gasteiger partial charge >= 0.3 is 0 Å². The topological polar surface area (TPSA) is 32.6 Å². The highest BCUT2D eigenvalue weighted by atomic mass is 15.3. The molecule has 4 heterocycles. The summed E-state index contributed by atoms with van der Waals surface area (Å²) in [6, 6.07) is 4.20. The first kappa shape index (κ1) is 13.0. The SMILES string of the molecule is CC1=CC=CN2C=C(C3CC3c3cn4cccc(C)c4n3)NC12. The Morgan fingerprint density at radius 2 is 2.17 bits per heavy atom. The van der Waals surface area contributed by atoms with Crippen LogP contribution >= 0.6 is 0 Å². The first-order chi connectivity index (χ1) is 11.2. The molecule has 1 N–H and O–H groups in total. The van der Waals surface area contributed by atoms with E-state index >= 15 is 0 Å². The van der Waals surface area contributed by atoms with Crippen LogP contribution in [0.25, 0.3) is 5.65 Å². The maximum absolute atomic E-state index is 4.87. The standard InChI is InChI=1S/C19H20N4/c1-12-5-3-7-22-10-16(20-18(12)22)14-9-15(14)17-11-23-8-4-6-13(2)19(23)21-17/h3-8,10-11,14-15,18,20H,9H2,1-2H3. The first-order valence-electron chi connectivity index (χ1n) is 8.25. The summed E-state index contributed by atoms with van der Waals surface area (Å²) < 4.78 is 2.15. The second-order valence-corrected chi connectivity index (χ2v) is 6.87. The van der Waals surface area contributed by atoms with Crippen molar-refractivity contribution in [2.24, 2.45) is 5.92 Å². The summed E-state index contributed by atoms with van der Waals surface area (Å²) in [7, 11) is 0. The number of allylic oxidation sites excluding steroid dienone is 3. The summed E-state index contributed by atoms with van der Waals surface area (Å²) in [6.45, 7) is 4.30. The molecule has 0 aromatic carbocycles. The average molecular weight is 304 g/mol. The van der Waals surface area contributed by atoms with Gasteiger partial charge in [-0.05, 0) is 43.5 Å². The van der Waals surface area contributed by atoms with Gasteiger partial charge in [-0.3, -0.25) is 0 Å². The Morgan fingerprint density at radius 1 is 1.26 bits per heavy atom. The molecule has 1 fully saturated rings. The zero-order valence-electron chi connectivity index (χ0n) is 13.4. The van der Waals surface area contributed by atoms with Gasteiger partial charge in [-0.15, -0.1) is 0 Å². The lowest BCUT2D eigenvalue weighted by molar-refractivity contribution is 0.403. The highest BCUT2D eigenvalue weighted by Crippen LogP contribution is 2.52. The van der Waals surface area contributed by atoms with E-state index in [2.05, 4.69) is 77.5 Å². The van der Waals surface area contributed by atoms with Crippen LogP contribution in [-0.4, -0.2) is 20.5 Å². The van der Waals surface area contributed by atoms with Gasteiger partial charge in [0.2, 0.25) is 0 Å². The predicted octanol–water partition coefficient (Wildman–Crippen LogP) is 3.29. The Kier molecular flexibility index (Phi) is 2.55. The van der Waals surface area contributed by atoms with Gasteiger partial charge in [0.15, 0.2) is 0 Å². The Hall–Kier alpha value is -2.49. The van der Waals surface area contributed by atoms with E-state index in [-0.39, 0.29) is 0 Å². The van der Waals surface area contributed by atoms with Gasteiger partial charge < -0.3 is 14.6 Å². The lowest BCUT2D eigenvalue weighted by Gasteiger charge is -2.25. The molecule has 2 aromatic rings. The molecule has 23 heavy (non-hydrogen) atoms. The van der Waals surface area contributed by atoms with Crippen molar-refractivity contribution in [3.8, 4) is 0 Å². The molecule has 0 spiro atoms. The quantitative estimate of drug-likeness (QED) is 0.924. The van der Waals surface area contributed by atoms with E-state index in [1.54, 1.807) is 0 Å². The summed E-state index contributed by atoms with van der Waals surface area (Å²) in [5.41, 5.74) is 6.25. The predicted molar refractivity (Wildman–Crippen MR) is 90.5 cm³/mol. The fraction of sp³-hybridized carbons (Fsp3) is 0.316. The fourth-order valence-corrected chi connectivity index (χ4v) is 3.79. The van der Waals surface area contributed by atoms with Crippen molar-refractivity contribution < 1.29 is 0 Å². The fourth-order valence-electron chi connectivity index (χ4n) is 3.79. The van der Waals surface area contributed by atoms with Gasteiger partial charge in [0.1, 0.15) is 11.8 Å². The van der Waals surface area contributed by atoms with Gasteiger partial charge in [-0.1, -0.05) is 12.1 Å². The molecule has 2 aromatic heterocycles. The Balaban J connectivity index is 1.40. The maximum atomic E-state index is 4.87. The van der Waals surface area contributed by atoms with Crippen molar-refractivity contribution in [3.63, 3.8) is 0 Å². The van der Waals surface area contributed by atoms with Gasteiger partial charge in [0, 0.05) is 42.3 Å². The van der Waals surface area contributed by atoms with Crippen LogP contribution in [0.2, 0.25) is 0 Å². The summed E-state index contributed by atoms with van der Waals surface area (Å²) in [5.74, 6) is 1.12. The molecule has 0 bridgehead atoms. The monoisotopic (exact) mass is 304 g/mol. The number of imidazole rings is 1. The molecule has 4 heteroatoms. The number of rotatable bonds is 2. The molecule has 1 saturated carbocycles. The average Bonchev–Trinajstić information content (AvgIpc) is 3.02. The van der Waals surface area contributed by atoms with E-state index in [0.29, 0.717) is 18.0 Å². The number of fused-ring (bicyclic) bond motifs is 2. The molecule has 0 amide bonds. The molecule has 1 aliphatic carbocycles. The third-order valence-corrected chi connectivity index (χ3v) is 5.20. The van der Waals surface area contributed by atoms with Gasteiger partial charge in [0.05, 0.1) is 5.69 Å². The Bertz CT molecular complexity index is 886. The van der Waals surface area contributed by atoms with Crippen LogP contribution in [-0.2, 0) is 0 Å². The highest BCUT2D eigenvalue weighted by Gasteiger charge is 2.45. The van der Waals surface area contributed by atoms with Crippen molar-refractivity contribution in [1.82, 2.24) is 19.6 Å². The zero-order valence-corrected chi connectivity index (χ0v) is 13.4. The molecule has 0 radical (unpaired) electrons. The van der Waals surface area contributed by atoms with E-state index in [1.165, 1.54) is 28.9 Å². The van der Waals surface area contributed by atoms with E-state index in [0.717, 1.165) is 5.65 Å². The van der Waals surface area contributed by atoms with Crippen molar-refractivity contribution in [3.05, 3.63) is 71.6 Å². The summed E-state index contributed by atoms with van der Waals surface area (Å²) in [6.07, 6.45) is 14.5. The van der Waals surface area contributed by atoms with Crippen molar-refractivity contribution >= 4 is 5.65 Å². The normalized spacial score (nSPS) is 28.4. The van der Waals surface area contributed by atoms with Crippen LogP contribution in [0.3, 0.4) is 0 Å². The lowest BCUT2D eigenvalue weighted by Crippen LogP contribution is -2.35. The van der Waals surface area contributed by atoms with Crippen LogP contribution in [0.15, 0.2) is 60.3 Å². The molecular weight excluding hydrogens is 284 g/mol. The number of nitrogens with zero attached hydrogens (tertiary/aromatic N) is 3. The Labute approximate surface area is 135 Å². The molecule has 3 unspecified atom stereocenters. The number of nitrogens with one attached hydrogen (secondary N) is 1. The van der Waals surface area contributed by atoms with Crippen LogP contribution < -0.4 is 5.32 Å². The number of hydrogen-bond acceptors (Lipinski definition) is 3. The minimum absolute atomic E-state index is 0.305. The summed E-state index contributed by atoms with van der Waals surface area (Å²) >= 11 is 0. The second-order valence-electron chi connectivity index (χ2n) is 6.87. The zero-order chi connectivity index (χ0) is 15.6. The largest absolute Gasteiger partial charge is 0.363 e. The van der Waals surface area contributed by atoms with E-state index in [1.807, 2.05) is 0 Å². The smallest absolute Gasteiger partial charge is 0.139 e. The molecule has 4 nitrogen and oxygen atoms in total. The first-order valence-corrected chi connectivity index (χ1v) is 8.25. The number of aromatic nitrogens is 2. The van der Waals surface area contributed by atoms with E-state index in [9.17, 15) is 0 Å². The van der Waals surface area contributed by atoms with Crippen LogP contribution in [0.5, 0.6) is 0 Å². The third kappa shape index (κ3) is 1.94. The maximum Gasteiger partial charge on any atom is 0.139 e. The summed E-state index contributed by atoms with van der Waals surface area (Å²) in [4.78, 5) is 7.14. The van der Waals surface area contributed by atoms with Gasteiger partial charge in [-0.2, -0.15) is 0 Å². The van der Waals surface area contributed by atoms with E-state index in [4.69, 9.17) is 4.98 Å². The molecule has 5 rings (SSSR count). The van der Waals surface area contributed by atoms with E-state index < -0.39 is 0 Å². The summed E-state index contributed by atoms with van der Waals surface area (Å²) in [5, 5.41) is 3.68. The van der Waals surface area contributed by atoms with Crippen LogP contribution in [0.1, 0.15) is 30.5 Å². The van der Waals surface area contributed by atoms with Crippen LogP contribution in [0.4, 0.5) is 0 Å². The molecule has 0 saturated heterocycles. The van der Waals surface area contributed by atoms with Crippen molar-refractivity contribution in [2.45, 2.75) is 32.4 Å². The Morgan fingerprint density at radius 3 is 3.00 bits per heavy atom. The molecule has 116 valence electrons. The highest BCUT2D eigenvalue weighted by molar-refractivity contribution is 5.49. The molecule has 3 aliphatic rings. The van der Waals surface area contributed by atoms with Crippen LogP contribution in [0, 0.1) is 12.8 Å². The van der Waals surface area contributed by atoms with Gasteiger partial charge in [-0.25, -0.2) is 4.98 Å². The minimum atomic E-state index is 0.305. The number of hydrogen-bond donors (Lipinski definition) is 1.